The van der Waals surface area contributed by atoms with Crippen LogP contribution in [0.5, 0.6) is 0 Å². The number of hydrazone groups is 1. The lowest BCUT2D eigenvalue weighted by atomic mass is 10.1. The molecular weight excluding hydrogens is 328 g/mol. The third kappa shape index (κ3) is 4.22. The van der Waals surface area contributed by atoms with E-state index in [0.717, 1.165) is 5.56 Å². The number of nitrogens with zero attached hydrogens (tertiary/aromatic N) is 1. The van der Waals surface area contributed by atoms with E-state index in [1.54, 1.807) is 6.07 Å². The van der Waals surface area contributed by atoms with Gasteiger partial charge in [0.05, 0.1) is 4.90 Å². The topological polar surface area (TPSA) is 135 Å². The Balaban J connectivity index is 2.37. The van der Waals surface area contributed by atoms with Gasteiger partial charge in [0.2, 0.25) is 10.0 Å². The van der Waals surface area contributed by atoms with Gasteiger partial charge >= 0.3 is 0 Å². The standard InChI is InChI=1S/C15H20N6O2S/c1-18-24(22,23)12-7-8-14(13(9-12)15(16)20-21-17)19-10-11-5-3-2-4-6-11/h2-9,18-19,21H,10,17H2,1H3,(H2,16,20). The largest absolute Gasteiger partial charge is 0.382 e. The third-order valence-electron chi connectivity index (χ3n) is 3.36. The molecule has 0 aliphatic rings. The molecule has 0 aliphatic carbocycles. The van der Waals surface area contributed by atoms with Crippen LogP contribution >= 0.6 is 0 Å². The first-order valence-corrected chi connectivity index (χ1v) is 8.61. The summed E-state index contributed by atoms with van der Waals surface area (Å²) in [6.45, 7) is 0.551. The molecule has 9 heteroatoms. The Morgan fingerprint density at radius 2 is 1.88 bits per heavy atom. The van der Waals surface area contributed by atoms with E-state index in [9.17, 15) is 8.42 Å². The second-order valence-corrected chi connectivity index (χ2v) is 6.77. The number of amidine groups is 1. The molecule has 0 bridgehead atoms. The molecule has 0 saturated carbocycles. The summed E-state index contributed by atoms with van der Waals surface area (Å²) >= 11 is 0. The zero-order chi connectivity index (χ0) is 17.6. The monoisotopic (exact) mass is 348 g/mol. The molecule has 0 aliphatic heterocycles. The summed E-state index contributed by atoms with van der Waals surface area (Å²) in [6.07, 6.45) is 0. The Morgan fingerprint density at radius 1 is 1.17 bits per heavy atom. The van der Waals surface area contributed by atoms with Gasteiger partial charge in [-0.15, -0.1) is 5.10 Å². The molecule has 0 saturated heterocycles. The van der Waals surface area contributed by atoms with Crippen molar-refractivity contribution in [1.29, 1.82) is 0 Å². The quantitative estimate of drug-likeness (QED) is 0.211. The Kier molecular flexibility index (Phi) is 5.74. The molecule has 8 nitrogen and oxygen atoms in total. The van der Waals surface area contributed by atoms with Gasteiger partial charge in [-0.2, -0.15) is 0 Å². The molecule has 2 aromatic carbocycles. The van der Waals surface area contributed by atoms with Crippen LogP contribution in [-0.4, -0.2) is 21.3 Å². The summed E-state index contributed by atoms with van der Waals surface area (Å²) in [5, 5.41) is 6.95. The van der Waals surface area contributed by atoms with Crippen molar-refractivity contribution in [2.45, 2.75) is 11.4 Å². The molecular formula is C15H20N6O2S. The number of nitrogens with two attached hydrogens (primary N) is 2. The highest BCUT2D eigenvalue weighted by atomic mass is 32.2. The Hall–Kier alpha value is -2.62. The van der Waals surface area contributed by atoms with Crippen molar-refractivity contribution in [3.8, 4) is 0 Å². The minimum absolute atomic E-state index is 0.0706. The fraction of sp³-hybridized carbons (Fsp3) is 0.133. The van der Waals surface area contributed by atoms with Crippen LogP contribution in [0.4, 0.5) is 5.69 Å². The number of sulfonamides is 1. The molecule has 0 atom stereocenters. The molecule has 0 radical (unpaired) electrons. The number of hydrogen-bond donors (Lipinski definition) is 5. The average molecular weight is 348 g/mol. The summed E-state index contributed by atoms with van der Waals surface area (Å²) in [4.78, 5) is 0.0837. The summed E-state index contributed by atoms with van der Waals surface area (Å²) in [6, 6.07) is 14.3. The number of nitrogens with one attached hydrogen (secondary N) is 3. The molecule has 0 amide bonds. The van der Waals surface area contributed by atoms with Crippen molar-refractivity contribution in [2.75, 3.05) is 12.4 Å². The zero-order valence-electron chi connectivity index (χ0n) is 13.2. The fourth-order valence-electron chi connectivity index (χ4n) is 2.10. The fourth-order valence-corrected chi connectivity index (χ4v) is 2.85. The lowest BCUT2D eigenvalue weighted by Gasteiger charge is -2.14. The van der Waals surface area contributed by atoms with Crippen LogP contribution in [0.15, 0.2) is 58.5 Å². The molecule has 7 N–H and O–H groups in total. The Morgan fingerprint density at radius 3 is 2.50 bits per heavy atom. The normalized spacial score (nSPS) is 12.0. The molecule has 128 valence electrons. The molecule has 0 fully saturated rings. The summed E-state index contributed by atoms with van der Waals surface area (Å²) in [7, 11) is -2.25. The van der Waals surface area contributed by atoms with Crippen molar-refractivity contribution in [3.05, 3.63) is 59.7 Å². The van der Waals surface area contributed by atoms with E-state index in [1.165, 1.54) is 19.2 Å². The minimum atomic E-state index is -3.59. The summed E-state index contributed by atoms with van der Waals surface area (Å²) in [5.41, 5.74) is 10.1. The molecule has 0 spiro atoms. The van der Waals surface area contributed by atoms with Gasteiger partial charge in [-0.05, 0) is 30.8 Å². The number of hydrogen-bond acceptors (Lipinski definition) is 6. The molecule has 0 aromatic heterocycles. The van der Waals surface area contributed by atoms with Crippen LogP contribution < -0.4 is 27.2 Å². The maximum absolute atomic E-state index is 12.0. The van der Waals surface area contributed by atoms with Crippen LogP contribution in [0.1, 0.15) is 11.1 Å². The van der Waals surface area contributed by atoms with Crippen LogP contribution in [0, 0.1) is 0 Å². The summed E-state index contributed by atoms with van der Waals surface area (Å²) in [5.74, 6) is 5.23. The van der Waals surface area contributed by atoms with Gasteiger partial charge in [-0.1, -0.05) is 30.3 Å². The van der Waals surface area contributed by atoms with Gasteiger partial charge in [0.25, 0.3) is 0 Å². The number of rotatable bonds is 7. The highest BCUT2D eigenvalue weighted by Crippen LogP contribution is 2.21. The van der Waals surface area contributed by atoms with E-state index in [2.05, 4.69) is 20.7 Å². The maximum atomic E-state index is 12.0. The number of benzene rings is 2. The smallest absolute Gasteiger partial charge is 0.240 e. The molecule has 0 heterocycles. The third-order valence-corrected chi connectivity index (χ3v) is 4.77. The molecule has 0 unspecified atom stereocenters. The van der Waals surface area contributed by atoms with Gasteiger partial charge in [0.15, 0.2) is 5.84 Å². The van der Waals surface area contributed by atoms with E-state index >= 15 is 0 Å². The van der Waals surface area contributed by atoms with E-state index in [0.29, 0.717) is 17.8 Å². The first kappa shape index (κ1) is 17.7. The van der Waals surface area contributed by atoms with Crippen molar-refractivity contribution >= 4 is 21.5 Å². The first-order chi connectivity index (χ1) is 11.5. The van der Waals surface area contributed by atoms with Crippen LogP contribution in [-0.2, 0) is 16.6 Å². The van der Waals surface area contributed by atoms with E-state index in [-0.39, 0.29) is 10.7 Å². The highest BCUT2D eigenvalue weighted by molar-refractivity contribution is 7.89. The highest BCUT2D eigenvalue weighted by Gasteiger charge is 2.16. The van der Waals surface area contributed by atoms with Gasteiger partial charge in [-0.25, -0.2) is 24.5 Å². The first-order valence-electron chi connectivity index (χ1n) is 7.12. The second kappa shape index (κ2) is 7.77. The zero-order valence-corrected chi connectivity index (χ0v) is 14.0. The number of hydrazine groups is 1. The predicted octanol–water partition coefficient (Wildman–Crippen LogP) is 0.290. The van der Waals surface area contributed by atoms with E-state index in [4.69, 9.17) is 11.6 Å². The Bertz CT molecular complexity index is 821. The summed E-state index contributed by atoms with van der Waals surface area (Å²) < 4.78 is 26.2. The SMILES string of the molecule is CNS(=O)(=O)c1ccc(NCc2ccccc2)c(/C(N)=N/NN)c1. The second-order valence-electron chi connectivity index (χ2n) is 4.88. The van der Waals surface area contributed by atoms with Crippen molar-refractivity contribution < 1.29 is 8.42 Å². The number of anilines is 1. The average Bonchev–Trinajstić information content (AvgIpc) is 2.61. The maximum Gasteiger partial charge on any atom is 0.240 e. The molecule has 2 aromatic rings. The van der Waals surface area contributed by atoms with Crippen LogP contribution in [0.3, 0.4) is 0 Å². The van der Waals surface area contributed by atoms with Gasteiger partial charge in [-0.3, -0.25) is 0 Å². The van der Waals surface area contributed by atoms with Gasteiger partial charge in [0, 0.05) is 17.8 Å². The van der Waals surface area contributed by atoms with E-state index < -0.39 is 10.0 Å². The predicted molar refractivity (Wildman–Crippen MR) is 94.5 cm³/mol. The van der Waals surface area contributed by atoms with Crippen molar-refractivity contribution in [2.24, 2.45) is 16.7 Å². The van der Waals surface area contributed by atoms with Crippen LogP contribution in [0.2, 0.25) is 0 Å². The minimum Gasteiger partial charge on any atom is -0.382 e. The lowest BCUT2D eigenvalue weighted by molar-refractivity contribution is 0.588. The van der Waals surface area contributed by atoms with E-state index in [1.807, 2.05) is 30.3 Å². The molecule has 24 heavy (non-hydrogen) atoms. The van der Waals surface area contributed by atoms with Crippen LogP contribution in [0.25, 0.3) is 0 Å². The van der Waals surface area contributed by atoms with Gasteiger partial charge < -0.3 is 11.1 Å². The Labute approximate surface area is 141 Å². The van der Waals surface area contributed by atoms with Gasteiger partial charge in [0.1, 0.15) is 0 Å². The van der Waals surface area contributed by atoms with Crippen molar-refractivity contribution in [1.82, 2.24) is 10.3 Å². The lowest BCUT2D eigenvalue weighted by Crippen LogP contribution is -2.25. The molecule has 2 rings (SSSR count). The van der Waals surface area contributed by atoms with Crippen molar-refractivity contribution in [3.63, 3.8) is 0 Å².